The molecule has 0 bridgehead atoms. The highest BCUT2D eigenvalue weighted by Crippen LogP contribution is 2.33. The summed E-state index contributed by atoms with van der Waals surface area (Å²) in [5, 5.41) is 39.2. The third kappa shape index (κ3) is 5.23. The third-order valence-electron chi connectivity index (χ3n) is 7.49. The Kier molecular flexibility index (Phi) is 6.88. The van der Waals surface area contributed by atoms with Gasteiger partial charge in [-0.05, 0) is 61.4 Å². The van der Waals surface area contributed by atoms with Crippen LogP contribution in [-0.4, -0.2) is 53.4 Å². The van der Waals surface area contributed by atoms with Gasteiger partial charge in [-0.1, -0.05) is 38.1 Å². The van der Waals surface area contributed by atoms with E-state index >= 15 is 0 Å². The van der Waals surface area contributed by atoms with Crippen LogP contribution in [0.1, 0.15) is 26.7 Å². The average molecular weight is 551 g/mol. The van der Waals surface area contributed by atoms with Crippen LogP contribution in [0.15, 0.2) is 84.9 Å². The number of aromatic hydroxyl groups is 2. The highest BCUT2D eigenvalue weighted by molar-refractivity contribution is 5.74. The van der Waals surface area contributed by atoms with Gasteiger partial charge < -0.3 is 19.7 Å². The Bertz CT molecular complexity index is 1630. The quantitative estimate of drug-likeness (QED) is 0.219. The Hall–Kier alpha value is -5.12. The minimum atomic E-state index is -0.287. The molecule has 4 aromatic carbocycles. The predicted octanol–water partition coefficient (Wildman–Crippen LogP) is 5.83. The number of fused-ring (bicyclic) bond motifs is 2. The van der Waals surface area contributed by atoms with Gasteiger partial charge in [0.15, 0.2) is 0 Å². The maximum atomic E-state index is 10.7. The summed E-state index contributed by atoms with van der Waals surface area (Å²) in [7, 11) is 0. The molecule has 208 valence electrons. The number of nitrogens with zero attached hydrogens (tertiary/aromatic N) is 6. The maximum Gasteiger partial charge on any atom is 0.146 e. The lowest BCUT2D eigenvalue weighted by molar-refractivity contribution is 0.0703. The summed E-state index contributed by atoms with van der Waals surface area (Å²) in [4.78, 5) is 2.84. The molecule has 0 saturated carbocycles. The highest BCUT2D eigenvalue weighted by Gasteiger charge is 2.29. The van der Waals surface area contributed by atoms with E-state index in [0.717, 1.165) is 34.9 Å². The molecule has 41 heavy (non-hydrogen) atoms. The smallest absolute Gasteiger partial charge is 0.146 e. The molecule has 0 unspecified atom stereocenters. The van der Waals surface area contributed by atoms with Gasteiger partial charge in [-0.25, -0.2) is 0 Å². The van der Waals surface area contributed by atoms with Crippen molar-refractivity contribution in [3.8, 4) is 34.4 Å². The van der Waals surface area contributed by atoms with Gasteiger partial charge in [0.2, 0.25) is 0 Å². The number of hydrogen-bond acceptors (Lipinski definition) is 8. The van der Waals surface area contributed by atoms with Crippen LogP contribution >= 0.6 is 0 Å². The van der Waals surface area contributed by atoms with Gasteiger partial charge >= 0.3 is 0 Å². The monoisotopic (exact) mass is 550 g/mol. The van der Waals surface area contributed by atoms with Crippen LogP contribution in [-0.2, 0) is 0 Å². The Labute approximate surface area is 236 Å². The van der Waals surface area contributed by atoms with E-state index in [-0.39, 0.29) is 16.9 Å². The summed E-state index contributed by atoms with van der Waals surface area (Å²) in [6.45, 7) is 4.96. The summed E-state index contributed by atoms with van der Waals surface area (Å²) in [6, 6.07) is 25.3. The van der Waals surface area contributed by atoms with E-state index in [0.29, 0.717) is 36.1 Å². The molecular formula is C31H30N6O4. The zero-order chi connectivity index (χ0) is 28.4. The van der Waals surface area contributed by atoms with Crippen molar-refractivity contribution in [3.05, 3.63) is 84.9 Å². The SMILES string of the molecule is CCC(CC)(COc1ccc(-n2nc3ccccc3n2)c(O)c1)COc1ccc(-n2nc3ccccc3n2)c(O)c1. The first-order chi connectivity index (χ1) is 20.0. The number of hydrogen-bond donors (Lipinski definition) is 2. The Morgan fingerprint density at radius 3 is 1.27 bits per heavy atom. The molecule has 10 heteroatoms. The van der Waals surface area contributed by atoms with E-state index in [1.807, 2.05) is 48.5 Å². The normalized spacial score (nSPS) is 11.8. The molecule has 0 aliphatic carbocycles. The second-order valence-corrected chi connectivity index (χ2v) is 10.0. The first-order valence-electron chi connectivity index (χ1n) is 13.5. The maximum absolute atomic E-state index is 10.7. The topological polar surface area (TPSA) is 120 Å². The fraction of sp³-hybridized carbons (Fsp3) is 0.226. The molecule has 0 atom stereocenters. The summed E-state index contributed by atoms with van der Waals surface area (Å²) in [6.07, 6.45) is 1.62. The van der Waals surface area contributed by atoms with Crippen LogP contribution < -0.4 is 9.47 Å². The lowest BCUT2D eigenvalue weighted by Gasteiger charge is -2.31. The van der Waals surface area contributed by atoms with E-state index in [9.17, 15) is 10.2 Å². The van der Waals surface area contributed by atoms with Gasteiger partial charge in [0.05, 0.1) is 13.2 Å². The molecule has 10 nitrogen and oxygen atoms in total. The Morgan fingerprint density at radius 2 is 0.951 bits per heavy atom. The minimum Gasteiger partial charge on any atom is -0.505 e. The van der Waals surface area contributed by atoms with Crippen molar-refractivity contribution < 1.29 is 19.7 Å². The Morgan fingerprint density at radius 1 is 0.585 bits per heavy atom. The number of phenols is 2. The van der Waals surface area contributed by atoms with Crippen molar-refractivity contribution in [2.45, 2.75) is 26.7 Å². The van der Waals surface area contributed by atoms with E-state index in [4.69, 9.17) is 9.47 Å². The van der Waals surface area contributed by atoms with Crippen LogP contribution in [0.5, 0.6) is 23.0 Å². The number of phenolic OH excluding ortho intramolecular Hbond substituents is 2. The van der Waals surface area contributed by atoms with Gasteiger partial charge in [0, 0.05) is 17.5 Å². The second-order valence-electron chi connectivity index (χ2n) is 10.0. The van der Waals surface area contributed by atoms with Crippen molar-refractivity contribution in [2.24, 2.45) is 5.41 Å². The number of rotatable bonds is 10. The van der Waals surface area contributed by atoms with E-state index < -0.39 is 0 Å². The molecule has 6 rings (SSSR count). The second kappa shape index (κ2) is 10.8. The number of benzene rings is 4. The van der Waals surface area contributed by atoms with Crippen molar-refractivity contribution in [1.82, 2.24) is 30.0 Å². The molecule has 2 heterocycles. The molecule has 0 spiro atoms. The first kappa shape index (κ1) is 26.1. The summed E-state index contributed by atoms with van der Waals surface area (Å²) >= 11 is 0. The molecule has 6 aromatic rings. The van der Waals surface area contributed by atoms with Crippen molar-refractivity contribution in [3.63, 3.8) is 0 Å². The van der Waals surface area contributed by atoms with Crippen LogP contribution in [0, 0.1) is 5.41 Å². The van der Waals surface area contributed by atoms with Crippen LogP contribution in [0.4, 0.5) is 0 Å². The fourth-order valence-corrected chi connectivity index (χ4v) is 4.63. The van der Waals surface area contributed by atoms with Crippen molar-refractivity contribution in [2.75, 3.05) is 13.2 Å². The van der Waals surface area contributed by atoms with Gasteiger partial charge in [-0.15, -0.1) is 30.0 Å². The molecule has 0 radical (unpaired) electrons. The van der Waals surface area contributed by atoms with Gasteiger partial charge in [-0.3, -0.25) is 0 Å². The molecule has 0 amide bonds. The molecular weight excluding hydrogens is 520 g/mol. The predicted molar refractivity (Wildman–Crippen MR) is 155 cm³/mol. The third-order valence-corrected chi connectivity index (χ3v) is 7.49. The minimum absolute atomic E-state index is 0.0211. The molecule has 0 aliphatic rings. The fourth-order valence-electron chi connectivity index (χ4n) is 4.63. The van der Waals surface area contributed by atoms with Crippen LogP contribution in [0.3, 0.4) is 0 Å². The van der Waals surface area contributed by atoms with Crippen LogP contribution in [0.2, 0.25) is 0 Å². The average Bonchev–Trinajstić information content (AvgIpc) is 3.62. The lowest BCUT2D eigenvalue weighted by atomic mass is 9.84. The standard InChI is InChI=1S/C31H30N6O4/c1-3-31(4-2,19-40-21-13-15-27(29(38)17-21)36-32-23-9-5-6-10-24(23)33-36)20-41-22-14-16-28(30(39)18-22)37-34-25-11-7-8-12-26(25)35-37/h5-18,38-39H,3-4,19-20H2,1-2H3. The van der Waals surface area contributed by atoms with E-state index in [1.54, 1.807) is 36.4 Å². The summed E-state index contributed by atoms with van der Waals surface area (Å²) in [5.41, 5.74) is 3.64. The number of ether oxygens (including phenoxy) is 2. The zero-order valence-electron chi connectivity index (χ0n) is 22.8. The highest BCUT2D eigenvalue weighted by atomic mass is 16.5. The van der Waals surface area contributed by atoms with Crippen LogP contribution in [0.25, 0.3) is 33.4 Å². The van der Waals surface area contributed by atoms with Crippen molar-refractivity contribution >= 4 is 22.1 Å². The van der Waals surface area contributed by atoms with E-state index in [2.05, 4.69) is 34.2 Å². The summed E-state index contributed by atoms with van der Waals surface area (Å²) in [5.74, 6) is 1.12. The lowest BCUT2D eigenvalue weighted by Crippen LogP contribution is -2.34. The van der Waals surface area contributed by atoms with Gasteiger partial charge in [0.1, 0.15) is 56.4 Å². The largest absolute Gasteiger partial charge is 0.505 e. The van der Waals surface area contributed by atoms with Gasteiger partial charge in [-0.2, -0.15) is 0 Å². The molecule has 0 fully saturated rings. The van der Waals surface area contributed by atoms with Gasteiger partial charge in [0.25, 0.3) is 0 Å². The molecule has 2 aromatic heterocycles. The van der Waals surface area contributed by atoms with Crippen molar-refractivity contribution in [1.29, 1.82) is 0 Å². The summed E-state index contributed by atoms with van der Waals surface area (Å²) < 4.78 is 12.3. The molecule has 2 N–H and O–H groups in total. The molecule has 0 aliphatic heterocycles. The zero-order valence-corrected chi connectivity index (χ0v) is 22.8. The first-order valence-corrected chi connectivity index (χ1v) is 13.5. The van der Waals surface area contributed by atoms with E-state index in [1.165, 1.54) is 9.59 Å². The Balaban J connectivity index is 1.12. The molecule has 0 saturated heterocycles. The number of aromatic nitrogens is 6.